The van der Waals surface area contributed by atoms with E-state index in [1.165, 1.54) is 109 Å². The first kappa shape index (κ1) is 21.5. The molecule has 0 saturated heterocycles. The van der Waals surface area contributed by atoms with Crippen molar-refractivity contribution < 1.29 is 0 Å². The van der Waals surface area contributed by atoms with Crippen LogP contribution in [0.3, 0.4) is 0 Å². The van der Waals surface area contributed by atoms with Crippen molar-refractivity contribution in [2.75, 3.05) is 0 Å². The molecular weight excluding hydrogens is 292 g/mol. The molecule has 0 amide bonds. The maximum absolute atomic E-state index is 6.04. The lowest BCUT2D eigenvalue weighted by molar-refractivity contribution is 0.531. The third-order valence-corrected chi connectivity index (χ3v) is 5.98. The van der Waals surface area contributed by atoms with Crippen LogP contribution in [-0.2, 0) is 0 Å². The predicted octanol–water partition coefficient (Wildman–Crippen LogP) is 8.11. The van der Waals surface area contributed by atoms with Crippen molar-refractivity contribution in [3.63, 3.8) is 0 Å². The van der Waals surface area contributed by atoms with Crippen LogP contribution in [0.2, 0.25) is 12.6 Å². The number of hydrogen-bond acceptors (Lipinski definition) is 0. The van der Waals surface area contributed by atoms with Gasteiger partial charge >= 0.3 is 0 Å². The number of hydrogen-bond donors (Lipinski definition) is 0. The second-order valence-electron chi connectivity index (χ2n) is 6.73. The SMILES string of the molecule is CCCCCCCCCCCCCCCCCC[Si](C)Cl. The summed E-state index contributed by atoms with van der Waals surface area (Å²) in [4.78, 5) is 0. The van der Waals surface area contributed by atoms with Crippen LogP contribution in [0.1, 0.15) is 110 Å². The van der Waals surface area contributed by atoms with E-state index >= 15 is 0 Å². The Kier molecular flexibility index (Phi) is 19.0. The average Bonchev–Trinajstić information content (AvgIpc) is 2.46. The summed E-state index contributed by atoms with van der Waals surface area (Å²) in [6.45, 7) is 4.50. The lowest BCUT2D eigenvalue weighted by Crippen LogP contribution is -1.94. The van der Waals surface area contributed by atoms with Gasteiger partial charge in [0.05, 0.1) is 0 Å². The molecule has 0 aromatic carbocycles. The largest absolute Gasteiger partial charge is 0.169 e. The van der Waals surface area contributed by atoms with E-state index in [0.29, 0.717) is 0 Å². The Balaban J connectivity index is 2.93. The number of halogens is 1. The van der Waals surface area contributed by atoms with Crippen molar-refractivity contribution >= 4 is 19.2 Å². The van der Waals surface area contributed by atoms with Crippen LogP contribution in [0.25, 0.3) is 0 Å². The summed E-state index contributed by atoms with van der Waals surface area (Å²) >= 11 is 6.04. The summed E-state index contributed by atoms with van der Waals surface area (Å²) in [5, 5.41) is 0. The summed E-state index contributed by atoms with van der Waals surface area (Å²) in [6, 6.07) is 1.30. The Bertz CT molecular complexity index is 182. The first-order chi connectivity index (χ1) is 10.3. The molecule has 1 radical (unpaired) electrons. The summed E-state index contributed by atoms with van der Waals surface area (Å²) in [7, 11) is -0.481. The Morgan fingerprint density at radius 1 is 0.524 bits per heavy atom. The van der Waals surface area contributed by atoms with Crippen LogP contribution in [0.4, 0.5) is 0 Å². The molecule has 0 unspecified atom stereocenters. The molecule has 2 heteroatoms. The second-order valence-corrected chi connectivity index (χ2v) is 10.5. The molecule has 21 heavy (non-hydrogen) atoms. The van der Waals surface area contributed by atoms with Gasteiger partial charge in [-0.25, -0.2) is 0 Å². The van der Waals surface area contributed by atoms with E-state index in [2.05, 4.69) is 13.5 Å². The van der Waals surface area contributed by atoms with Gasteiger partial charge in [0.1, 0.15) is 0 Å². The van der Waals surface area contributed by atoms with Gasteiger partial charge in [0.25, 0.3) is 0 Å². The minimum Gasteiger partial charge on any atom is -0.169 e. The normalized spacial score (nSPS) is 11.4. The lowest BCUT2D eigenvalue weighted by atomic mass is 10.0. The van der Waals surface area contributed by atoms with Gasteiger partial charge in [-0.1, -0.05) is 116 Å². The molecule has 0 bridgehead atoms. The van der Waals surface area contributed by atoms with Crippen LogP contribution in [0.15, 0.2) is 0 Å². The van der Waals surface area contributed by atoms with Gasteiger partial charge in [-0.2, -0.15) is 11.1 Å². The monoisotopic (exact) mass is 331 g/mol. The number of unbranched alkanes of at least 4 members (excludes halogenated alkanes) is 15. The minimum absolute atomic E-state index is 0.481. The van der Waals surface area contributed by atoms with Crippen LogP contribution in [0.5, 0.6) is 0 Å². The molecule has 127 valence electrons. The van der Waals surface area contributed by atoms with Crippen LogP contribution < -0.4 is 0 Å². The van der Waals surface area contributed by atoms with Gasteiger partial charge in [0.2, 0.25) is 0 Å². The van der Waals surface area contributed by atoms with Gasteiger partial charge in [-0.15, -0.1) is 0 Å². The average molecular weight is 332 g/mol. The summed E-state index contributed by atoms with van der Waals surface area (Å²) in [5.74, 6) is 0. The van der Waals surface area contributed by atoms with Gasteiger partial charge in [0.15, 0.2) is 8.11 Å². The van der Waals surface area contributed by atoms with E-state index in [1.54, 1.807) is 0 Å². The van der Waals surface area contributed by atoms with E-state index in [-0.39, 0.29) is 0 Å². The highest BCUT2D eigenvalue weighted by atomic mass is 35.6. The highest BCUT2D eigenvalue weighted by Crippen LogP contribution is 2.14. The highest BCUT2D eigenvalue weighted by Gasteiger charge is 1.98. The third kappa shape index (κ3) is 20.5. The molecule has 0 aromatic heterocycles. The fourth-order valence-electron chi connectivity index (χ4n) is 2.92. The number of rotatable bonds is 17. The van der Waals surface area contributed by atoms with E-state index in [1.807, 2.05) is 0 Å². The molecule has 0 fully saturated rings. The van der Waals surface area contributed by atoms with Gasteiger partial charge < -0.3 is 0 Å². The first-order valence-corrected chi connectivity index (χ1v) is 13.0. The molecule has 0 atom stereocenters. The van der Waals surface area contributed by atoms with Crippen molar-refractivity contribution in [1.82, 2.24) is 0 Å². The van der Waals surface area contributed by atoms with Crippen molar-refractivity contribution in [2.24, 2.45) is 0 Å². The third-order valence-electron chi connectivity index (χ3n) is 4.37. The maximum atomic E-state index is 6.04. The Morgan fingerprint density at radius 3 is 1.10 bits per heavy atom. The quantitative estimate of drug-likeness (QED) is 0.143. The molecule has 0 aliphatic rings. The van der Waals surface area contributed by atoms with E-state index in [0.717, 1.165) is 0 Å². The zero-order valence-corrected chi connectivity index (χ0v) is 16.7. The fraction of sp³-hybridized carbons (Fsp3) is 1.00. The fourth-order valence-corrected chi connectivity index (χ4v) is 4.05. The van der Waals surface area contributed by atoms with Crippen LogP contribution in [0, 0.1) is 0 Å². The maximum Gasteiger partial charge on any atom is 0.162 e. The molecule has 0 rings (SSSR count). The zero-order valence-electron chi connectivity index (χ0n) is 14.9. The molecule has 0 aromatic rings. The van der Waals surface area contributed by atoms with Gasteiger partial charge in [0, 0.05) is 0 Å². The highest BCUT2D eigenvalue weighted by molar-refractivity contribution is 7.06. The van der Waals surface area contributed by atoms with E-state index in [4.69, 9.17) is 11.1 Å². The minimum atomic E-state index is -0.481. The molecule has 0 aliphatic carbocycles. The zero-order chi connectivity index (χ0) is 15.6. The molecule has 0 saturated carbocycles. The summed E-state index contributed by atoms with van der Waals surface area (Å²) in [6.07, 6.45) is 23.2. The second kappa shape index (κ2) is 18.6. The first-order valence-electron chi connectivity index (χ1n) is 9.75. The van der Waals surface area contributed by atoms with Gasteiger partial charge in [-0.05, 0) is 6.04 Å². The van der Waals surface area contributed by atoms with Crippen LogP contribution >= 0.6 is 11.1 Å². The molecule has 0 heterocycles. The molecule has 0 aliphatic heterocycles. The summed E-state index contributed by atoms with van der Waals surface area (Å²) < 4.78 is 0. The van der Waals surface area contributed by atoms with Crippen molar-refractivity contribution in [1.29, 1.82) is 0 Å². The topological polar surface area (TPSA) is 0 Å². The Labute approximate surface area is 141 Å². The summed E-state index contributed by atoms with van der Waals surface area (Å²) in [5.41, 5.74) is 0. The van der Waals surface area contributed by atoms with E-state index in [9.17, 15) is 0 Å². The van der Waals surface area contributed by atoms with Crippen molar-refractivity contribution in [3.8, 4) is 0 Å². The predicted molar refractivity (Wildman–Crippen MR) is 102 cm³/mol. The molecule has 0 spiro atoms. The van der Waals surface area contributed by atoms with E-state index < -0.39 is 8.11 Å². The van der Waals surface area contributed by atoms with Gasteiger partial charge in [-0.3, -0.25) is 0 Å². The van der Waals surface area contributed by atoms with Crippen LogP contribution in [-0.4, -0.2) is 8.11 Å². The lowest BCUT2D eigenvalue weighted by Gasteiger charge is -2.04. The Morgan fingerprint density at radius 2 is 0.810 bits per heavy atom. The van der Waals surface area contributed by atoms with Crippen molar-refractivity contribution in [2.45, 2.75) is 122 Å². The molecule has 0 nitrogen and oxygen atoms in total. The molecule has 0 N–H and O–H groups in total. The van der Waals surface area contributed by atoms with Crippen molar-refractivity contribution in [3.05, 3.63) is 0 Å². The molecular formula is C19H40ClSi. The standard InChI is InChI=1S/C19H40ClSi/c1-3-4-5-6-7-8-9-10-11-12-13-14-15-16-17-18-19-21(2)20/h3-19H2,1-2H3. The Hall–Kier alpha value is 0.507. The smallest absolute Gasteiger partial charge is 0.162 e.